The second kappa shape index (κ2) is 15.9. The summed E-state index contributed by atoms with van der Waals surface area (Å²) in [6.07, 6.45) is 8.19. The molecule has 4 aromatic rings. The number of ether oxygens (including phenoxy) is 2. The molecule has 1 saturated heterocycles. The lowest BCUT2D eigenvalue weighted by atomic mass is 9.94. The van der Waals surface area contributed by atoms with Crippen LogP contribution in [-0.4, -0.2) is 64.8 Å². The van der Waals surface area contributed by atoms with E-state index in [-0.39, 0.29) is 50.6 Å². The van der Waals surface area contributed by atoms with Gasteiger partial charge in [0.15, 0.2) is 11.6 Å². The highest BCUT2D eigenvalue weighted by atomic mass is 32.1. The van der Waals surface area contributed by atoms with E-state index < -0.39 is 23.3 Å². The van der Waals surface area contributed by atoms with Gasteiger partial charge in [-0.15, -0.1) is 11.3 Å². The van der Waals surface area contributed by atoms with Crippen LogP contribution in [0.3, 0.4) is 0 Å². The van der Waals surface area contributed by atoms with E-state index in [0.717, 1.165) is 42.6 Å². The molecule has 5 heterocycles. The maximum absolute atomic E-state index is 16.6. The molecule has 0 aliphatic carbocycles. The zero-order valence-corrected chi connectivity index (χ0v) is 30.9. The zero-order chi connectivity index (χ0) is 36.2. The molecule has 0 saturated carbocycles. The molecule has 2 aliphatic rings. The van der Waals surface area contributed by atoms with Crippen LogP contribution in [0.15, 0.2) is 12.4 Å². The van der Waals surface area contributed by atoms with Crippen LogP contribution < -0.4 is 10.2 Å². The summed E-state index contributed by atoms with van der Waals surface area (Å²) in [5.74, 6) is -0.419. The Labute approximate surface area is 296 Å². The Kier molecular flexibility index (Phi) is 11.9. The van der Waals surface area contributed by atoms with Gasteiger partial charge >= 0.3 is 6.09 Å². The van der Waals surface area contributed by atoms with Crippen LogP contribution in [0.5, 0.6) is 0 Å². The molecule has 268 valence electrons. The number of rotatable bonds is 9. The van der Waals surface area contributed by atoms with E-state index in [4.69, 9.17) is 9.47 Å². The fraction of sp³-hybridized carbons (Fsp3) is 0.541. The number of carbonyl (C=O) groups is 1. The van der Waals surface area contributed by atoms with Crippen LogP contribution in [0.2, 0.25) is 0 Å². The maximum atomic E-state index is 16.6. The molecule has 0 spiro atoms. The van der Waals surface area contributed by atoms with Gasteiger partial charge < -0.3 is 19.3 Å². The number of carbonyl (C=O) groups excluding carboxylic acids is 1. The summed E-state index contributed by atoms with van der Waals surface area (Å²) in [5.41, 5.74) is 0.758. The molecule has 1 unspecified atom stereocenters. The van der Waals surface area contributed by atoms with Crippen LogP contribution in [0, 0.1) is 28.9 Å². The second-order valence-electron chi connectivity index (χ2n) is 14.1. The van der Waals surface area contributed by atoms with E-state index in [1.165, 1.54) is 38.8 Å². The van der Waals surface area contributed by atoms with Gasteiger partial charge in [0.2, 0.25) is 5.95 Å². The van der Waals surface area contributed by atoms with Crippen LogP contribution in [0.25, 0.3) is 32.2 Å². The standard InChI is InChI=1S/C28H26F2N6O3S.C9H21N/c1-13-5-6-36(10-13)26-33-8-15-16-11-38-12-17(16)19(21(30)22(15)34-26)23-20-14(7-31)25(35-27(37)39-28(2,3)4)40-24(20)18(29)9-32-23;1-4-6-7-9-10(3)8-5-2/h8-9,13H,5-6,10-12H2,1-4H3,(H,35,37);4-9H2,1-3H3. The van der Waals surface area contributed by atoms with Crippen molar-refractivity contribution in [1.29, 1.82) is 5.26 Å². The third-order valence-corrected chi connectivity index (χ3v) is 9.89. The van der Waals surface area contributed by atoms with Gasteiger partial charge in [-0.1, -0.05) is 33.6 Å². The van der Waals surface area contributed by atoms with Gasteiger partial charge in [-0.3, -0.25) is 10.3 Å². The van der Waals surface area contributed by atoms with Crippen molar-refractivity contribution in [2.45, 2.75) is 92.5 Å². The first-order chi connectivity index (χ1) is 23.9. The quantitative estimate of drug-likeness (QED) is 0.170. The Bertz CT molecular complexity index is 1900. The Morgan fingerprint density at radius 1 is 1.16 bits per heavy atom. The van der Waals surface area contributed by atoms with E-state index in [1.54, 1.807) is 27.0 Å². The Balaban J connectivity index is 0.000000425. The smallest absolute Gasteiger partial charge is 0.412 e. The second-order valence-corrected chi connectivity index (χ2v) is 15.1. The number of hydrogen-bond donors (Lipinski definition) is 1. The number of aromatic nitrogens is 3. The molecule has 50 heavy (non-hydrogen) atoms. The number of halogens is 2. The van der Waals surface area contributed by atoms with Gasteiger partial charge in [0, 0.05) is 35.6 Å². The molecule has 3 aromatic heterocycles. The minimum atomic E-state index is -0.794. The third kappa shape index (κ3) is 8.14. The van der Waals surface area contributed by atoms with Crippen LogP contribution in [0.1, 0.15) is 90.3 Å². The van der Waals surface area contributed by atoms with E-state index >= 15 is 8.78 Å². The molecule has 0 bridgehead atoms. The summed E-state index contributed by atoms with van der Waals surface area (Å²) >= 11 is 0.865. The Morgan fingerprint density at radius 2 is 1.92 bits per heavy atom. The number of benzene rings is 1. The minimum absolute atomic E-state index is 0.0329. The van der Waals surface area contributed by atoms with Gasteiger partial charge in [0.1, 0.15) is 22.2 Å². The summed E-state index contributed by atoms with van der Waals surface area (Å²) < 4.78 is 42.7. The van der Waals surface area contributed by atoms with Gasteiger partial charge in [-0.25, -0.2) is 23.5 Å². The molecule has 10 nitrogen and oxygen atoms in total. The summed E-state index contributed by atoms with van der Waals surface area (Å²) in [4.78, 5) is 30.4. The average molecular weight is 708 g/mol. The van der Waals surface area contributed by atoms with Gasteiger partial charge in [0.25, 0.3) is 0 Å². The zero-order valence-electron chi connectivity index (χ0n) is 30.1. The lowest BCUT2D eigenvalue weighted by molar-refractivity contribution is 0.0636. The number of nitrogens with zero attached hydrogens (tertiary/aromatic N) is 6. The number of nitriles is 1. The predicted molar refractivity (Wildman–Crippen MR) is 194 cm³/mol. The third-order valence-electron chi connectivity index (χ3n) is 8.77. The molecule has 1 amide bonds. The van der Waals surface area contributed by atoms with Crippen molar-refractivity contribution in [3.05, 3.63) is 40.7 Å². The highest BCUT2D eigenvalue weighted by Crippen LogP contribution is 2.46. The van der Waals surface area contributed by atoms with E-state index in [2.05, 4.69) is 53.0 Å². The SMILES string of the molecule is CC1CCN(c2ncc3c4c(c(-c5ncc(F)c6sc(NC(=O)OC(C)(C)C)c(C#N)c56)c(F)c3n2)COC4)C1.CCCCCN(C)CCC. The van der Waals surface area contributed by atoms with Crippen molar-refractivity contribution in [1.82, 2.24) is 19.9 Å². The highest BCUT2D eigenvalue weighted by Gasteiger charge is 2.31. The van der Waals surface area contributed by atoms with Crippen molar-refractivity contribution in [3.8, 4) is 17.3 Å². The first kappa shape index (κ1) is 37.3. The summed E-state index contributed by atoms with van der Waals surface area (Å²) in [6.45, 7) is 16.2. The van der Waals surface area contributed by atoms with Crippen molar-refractivity contribution in [3.63, 3.8) is 0 Å². The number of unbranched alkanes of at least 4 members (excludes halogenated alkanes) is 2. The normalized spacial score (nSPS) is 15.7. The molecule has 2 aliphatic heterocycles. The molecule has 1 aromatic carbocycles. The number of hydrogen-bond acceptors (Lipinski definition) is 10. The number of anilines is 2. The van der Waals surface area contributed by atoms with Gasteiger partial charge in [-0.05, 0) is 77.2 Å². The minimum Gasteiger partial charge on any atom is -0.444 e. The Morgan fingerprint density at radius 3 is 2.58 bits per heavy atom. The number of pyridine rings is 1. The average Bonchev–Trinajstić information content (AvgIpc) is 3.81. The number of amides is 1. The molecule has 1 fully saturated rings. The van der Waals surface area contributed by atoms with E-state index in [9.17, 15) is 10.1 Å². The molecule has 0 radical (unpaired) electrons. The highest BCUT2D eigenvalue weighted by molar-refractivity contribution is 7.23. The van der Waals surface area contributed by atoms with Gasteiger partial charge in [0.05, 0.1) is 35.4 Å². The topological polar surface area (TPSA) is 117 Å². The van der Waals surface area contributed by atoms with E-state index in [0.29, 0.717) is 22.8 Å². The van der Waals surface area contributed by atoms with Crippen molar-refractivity contribution < 1.29 is 23.0 Å². The maximum Gasteiger partial charge on any atom is 0.412 e. The molecular formula is C37H47F2N7O3S. The number of fused-ring (bicyclic) bond motifs is 4. The first-order valence-electron chi connectivity index (χ1n) is 17.4. The molecule has 1 N–H and O–H groups in total. The lowest BCUT2D eigenvalue weighted by Crippen LogP contribution is -2.27. The monoisotopic (exact) mass is 707 g/mol. The molecule has 13 heteroatoms. The molecule has 1 atom stereocenters. The largest absolute Gasteiger partial charge is 0.444 e. The van der Waals surface area contributed by atoms with Crippen LogP contribution in [-0.2, 0) is 22.7 Å². The number of thiophene rings is 1. The fourth-order valence-corrected chi connectivity index (χ4v) is 7.43. The fourth-order valence-electron chi connectivity index (χ4n) is 6.40. The Hall–Kier alpha value is -3.99. The van der Waals surface area contributed by atoms with Crippen molar-refractivity contribution >= 4 is 49.4 Å². The van der Waals surface area contributed by atoms with Crippen molar-refractivity contribution in [2.24, 2.45) is 5.92 Å². The van der Waals surface area contributed by atoms with E-state index in [1.807, 2.05) is 11.0 Å². The van der Waals surface area contributed by atoms with Crippen molar-refractivity contribution in [2.75, 3.05) is 43.4 Å². The summed E-state index contributed by atoms with van der Waals surface area (Å²) in [6, 6.07) is 2.05. The van der Waals surface area contributed by atoms with Crippen LogP contribution >= 0.6 is 11.3 Å². The number of nitrogens with one attached hydrogen (secondary N) is 1. The van der Waals surface area contributed by atoms with Crippen LogP contribution in [0.4, 0.5) is 24.5 Å². The molecular weight excluding hydrogens is 661 g/mol. The first-order valence-corrected chi connectivity index (χ1v) is 18.2. The van der Waals surface area contributed by atoms with Gasteiger partial charge in [-0.2, -0.15) is 5.26 Å². The lowest BCUT2D eigenvalue weighted by Gasteiger charge is -2.19. The predicted octanol–water partition coefficient (Wildman–Crippen LogP) is 8.80. The molecule has 6 rings (SSSR count). The summed E-state index contributed by atoms with van der Waals surface area (Å²) in [5, 5.41) is 13.4. The summed E-state index contributed by atoms with van der Waals surface area (Å²) in [7, 11) is 2.21.